The highest BCUT2D eigenvalue weighted by Gasteiger charge is 2.21. The first-order valence-electron chi connectivity index (χ1n) is 2.83. The van der Waals surface area contributed by atoms with Crippen molar-refractivity contribution in [3.05, 3.63) is 23.3 Å². The number of Topliss-reactive ketones (excluding diaryl/α,β-unsaturated/α-hetero) is 1. The first-order chi connectivity index (χ1) is 4.61. The average Bonchev–Trinajstić information content (AvgIpc) is 1.82. The van der Waals surface area contributed by atoms with Crippen LogP contribution in [0.4, 0.5) is 0 Å². The van der Waals surface area contributed by atoms with Crippen LogP contribution in [0.25, 0.3) is 0 Å². The molecule has 0 aliphatic heterocycles. The number of hydrogen-bond donors (Lipinski definition) is 0. The van der Waals surface area contributed by atoms with Crippen LogP contribution >= 0.6 is 27.5 Å². The second kappa shape index (κ2) is 2.89. The molecule has 0 saturated carbocycles. The molecule has 54 valence electrons. The van der Waals surface area contributed by atoms with Gasteiger partial charge in [0.1, 0.15) is 0 Å². The molecule has 0 aromatic carbocycles. The number of allylic oxidation sites excluding steroid dienone is 3. The molecule has 1 aliphatic rings. The van der Waals surface area contributed by atoms with E-state index in [1.807, 2.05) is 0 Å². The Kier molecular flexibility index (Phi) is 2.32. The Morgan fingerprint density at radius 3 is 2.90 bits per heavy atom. The minimum atomic E-state index is -0.263. The summed E-state index contributed by atoms with van der Waals surface area (Å²) in [5.41, 5.74) is 0.578. The monoisotopic (exact) mass is 220 g/mol. The fourth-order valence-corrected chi connectivity index (χ4v) is 1.86. The van der Waals surface area contributed by atoms with E-state index in [1.165, 1.54) is 0 Å². The Morgan fingerprint density at radius 1 is 1.80 bits per heavy atom. The van der Waals surface area contributed by atoms with Gasteiger partial charge in [-0.2, -0.15) is 0 Å². The molecule has 0 spiro atoms. The van der Waals surface area contributed by atoms with E-state index in [4.69, 9.17) is 11.6 Å². The molecule has 1 aliphatic carbocycles. The van der Waals surface area contributed by atoms with Crippen LogP contribution < -0.4 is 0 Å². The van der Waals surface area contributed by atoms with Crippen LogP contribution in [0.3, 0.4) is 0 Å². The molecule has 1 nitrogen and oxygen atoms in total. The normalized spacial score (nSPS) is 26.6. The van der Waals surface area contributed by atoms with Crippen LogP contribution in [0.15, 0.2) is 23.3 Å². The van der Waals surface area contributed by atoms with Gasteiger partial charge in [0.05, 0.1) is 4.83 Å². The number of rotatable bonds is 0. The second-order valence-electron chi connectivity index (χ2n) is 2.16. The van der Waals surface area contributed by atoms with E-state index < -0.39 is 0 Å². The lowest BCUT2D eigenvalue weighted by molar-refractivity contribution is -0.114. The summed E-state index contributed by atoms with van der Waals surface area (Å²) in [6, 6.07) is 0. The molecule has 1 rings (SSSR count). The zero-order chi connectivity index (χ0) is 7.72. The fourth-order valence-electron chi connectivity index (χ4n) is 0.779. The van der Waals surface area contributed by atoms with Crippen LogP contribution in [-0.4, -0.2) is 10.6 Å². The molecule has 0 aromatic rings. The summed E-state index contributed by atoms with van der Waals surface area (Å²) in [6.45, 7) is 3.59. The molecular formula is C7H6BrClO. The lowest BCUT2D eigenvalue weighted by Crippen LogP contribution is -2.17. The first-order valence-corrected chi connectivity index (χ1v) is 4.13. The van der Waals surface area contributed by atoms with E-state index in [-0.39, 0.29) is 10.6 Å². The lowest BCUT2D eigenvalue weighted by Gasteiger charge is -2.12. The summed E-state index contributed by atoms with van der Waals surface area (Å²) < 4.78 is 0. The Balaban J connectivity index is 2.89. The average molecular weight is 221 g/mol. The van der Waals surface area contributed by atoms with Gasteiger partial charge >= 0.3 is 0 Å². The van der Waals surface area contributed by atoms with Crippen molar-refractivity contribution in [2.45, 2.75) is 11.2 Å². The topological polar surface area (TPSA) is 17.1 Å². The molecule has 0 aromatic heterocycles. The van der Waals surface area contributed by atoms with E-state index in [0.717, 1.165) is 0 Å². The third kappa shape index (κ3) is 1.50. The van der Waals surface area contributed by atoms with Gasteiger partial charge in [0.25, 0.3) is 0 Å². The van der Waals surface area contributed by atoms with Crippen LogP contribution in [-0.2, 0) is 4.79 Å². The van der Waals surface area contributed by atoms with Crippen molar-refractivity contribution in [1.82, 2.24) is 0 Å². The molecule has 0 amide bonds. The largest absolute Gasteiger partial charge is 0.293 e. The maximum absolute atomic E-state index is 11.0. The Hall–Kier alpha value is -0.0800. The molecule has 10 heavy (non-hydrogen) atoms. The van der Waals surface area contributed by atoms with Crippen molar-refractivity contribution >= 4 is 33.3 Å². The number of carbonyl (C=O) groups is 1. The van der Waals surface area contributed by atoms with E-state index in [2.05, 4.69) is 22.5 Å². The molecular weight excluding hydrogens is 215 g/mol. The second-order valence-corrected chi connectivity index (χ2v) is 3.63. The van der Waals surface area contributed by atoms with Gasteiger partial charge in [0.15, 0.2) is 5.78 Å². The van der Waals surface area contributed by atoms with Crippen molar-refractivity contribution in [3.8, 4) is 0 Å². The zero-order valence-corrected chi connectivity index (χ0v) is 7.58. The fraction of sp³-hybridized carbons (Fsp3) is 0.286. The molecule has 0 N–H and O–H groups in total. The van der Waals surface area contributed by atoms with Gasteiger partial charge in [0, 0.05) is 11.5 Å². The van der Waals surface area contributed by atoms with Gasteiger partial charge in [0.2, 0.25) is 0 Å². The molecule has 0 saturated heterocycles. The Morgan fingerprint density at radius 2 is 2.40 bits per heavy atom. The quantitative estimate of drug-likeness (QED) is 0.453. The summed E-state index contributed by atoms with van der Waals surface area (Å²) >= 11 is 8.85. The van der Waals surface area contributed by atoms with Gasteiger partial charge in [-0.15, -0.1) is 0 Å². The van der Waals surface area contributed by atoms with Crippen LogP contribution in [0.2, 0.25) is 0 Å². The van der Waals surface area contributed by atoms with E-state index in [9.17, 15) is 4.79 Å². The third-order valence-electron chi connectivity index (χ3n) is 1.31. The molecule has 0 bridgehead atoms. The molecule has 0 radical (unpaired) electrons. The Labute approximate surface area is 72.9 Å². The lowest BCUT2D eigenvalue weighted by atomic mass is 10.0. The van der Waals surface area contributed by atoms with Gasteiger partial charge in [-0.1, -0.05) is 34.1 Å². The maximum Gasteiger partial charge on any atom is 0.176 e. The Bertz CT molecular complexity index is 220. The number of hydrogen-bond acceptors (Lipinski definition) is 1. The van der Waals surface area contributed by atoms with E-state index in [1.54, 1.807) is 6.08 Å². The maximum atomic E-state index is 11.0. The number of ketones is 1. The van der Waals surface area contributed by atoms with Crippen molar-refractivity contribution in [3.63, 3.8) is 0 Å². The van der Waals surface area contributed by atoms with Crippen molar-refractivity contribution in [2.75, 3.05) is 0 Å². The molecule has 0 fully saturated rings. The van der Waals surface area contributed by atoms with Crippen molar-refractivity contribution in [2.24, 2.45) is 0 Å². The predicted octanol–water partition coefficient (Wildman–Crippen LogP) is 2.40. The van der Waals surface area contributed by atoms with Gasteiger partial charge in [-0.25, -0.2) is 0 Å². The summed E-state index contributed by atoms with van der Waals surface area (Å²) in [4.78, 5) is 10.8. The smallest absolute Gasteiger partial charge is 0.176 e. The first kappa shape index (κ1) is 8.02. The van der Waals surface area contributed by atoms with Crippen molar-refractivity contribution in [1.29, 1.82) is 0 Å². The van der Waals surface area contributed by atoms with Gasteiger partial charge < -0.3 is 0 Å². The van der Waals surface area contributed by atoms with Gasteiger partial charge in [-0.3, -0.25) is 4.79 Å². The summed E-state index contributed by atoms with van der Waals surface area (Å²) in [7, 11) is 0. The highest BCUT2D eigenvalue weighted by Crippen LogP contribution is 2.25. The minimum absolute atomic E-state index is 0.0319. The molecule has 1 atom stereocenters. The standard InChI is InChI=1S/C7H6BrClO/c1-4-2-5(9)3-6(8)7(4)10/h3,6H,1-2H2. The molecule has 0 heterocycles. The molecule has 1 unspecified atom stereocenters. The van der Waals surface area contributed by atoms with Crippen LogP contribution in [0, 0.1) is 0 Å². The summed E-state index contributed by atoms with van der Waals surface area (Å²) in [5.74, 6) is 0.0319. The number of halogens is 2. The highest BCUT2D eigenvalue weighted by molar-refractivity contribution is 9.10. The summed E-state index contributed by atoms with van der Waals surface area (Å²) in [6.07, 6.45) is 2.20. The number of alkyl halides is 1. The van der Waals surface area contributed by atoms with Gasteiger partial charge in [-0.05, 0) is 11.6 Å². The van der Waals surface area contributed by atoms with Crippen LogP contribution in [0.5, 0.6) is 0 Å². The zero-order valence-electron chi connectivity index (χ0n) is 5.23. The number of carbonyl (C=O) groups excluding carboxylic acids is 1. The predicted molar refractivity (Wildman–Crippen MR) is 45.4 cm³/mol. The SMILES string of the molecule is C=C1CC(Cl)=CC(Br)C1=O. The molecule has 3 heteroatoms. The highest BCUT2D eigenvalue weighted by atomic mass is 79.9. The summed E-state index contributed by atoms with van der Waals surface area (Å²) in [5, 5.41) is 0.687. The van der Waals surface area contributed by atoms with E-state index in [0.29, 0.717) is 17.0 Å². The third-order valence-corrected chi connectivity index (χ3v) is 2.25. The van der Waals surface area contributed by atoms with Crippen LogP contribution in [0.1, 0.15) is 6.42 Å². The van der Waals surface area contributed by atoms with E-state index >= 15 is 0 Å². The minimum Gasteiger partial charge on any atom is -0.293 e. The van der Waals surface area contributed by atoms with Crippen molar-refractivity contribution < 1.29 is 4.79 Å².